The molecule has 0 saturated heterocycles. The Bertz CT molecular complexity index is 477. The Morgan fingerprint density at radius 3 is 2.20 bits per heavy atom. The molecule has 0 unspecified atom stereocenters. The molecule has 0 heterocycles. The fraction of sp³-hybridized carbons (Fsp3) is 0.571. The van der Waals surface area contributed by atoms with Gasteiger partial charge in [-0.15, -0.1) is 0 Å². The summed E-state index contributed by atoms with van der Waals surface area (Å²) in [6.45, 7) is 2.07. The molecule has 114 valence electrons. The van der Waals surface area contributed by atoms with Crippen LogP contribution in [0.4, 0.5) is 0 Å². The lowest BCUT2D eigenvalue weighted by atomic mass is 10.2. The molecule has 0 saturated carbocycles. The molecule has 0 radical (unpaired) electrons. The summed E-state index contributed by atoms with van der Waals surface area (Å²) in [5, 5.41) is 0. The van der Waals surface area contributed by atoms with E-state index in [1.165, 1.54) is 0 Å². The van der Waals surface area contributed by atoms with Crippen molar-refractivity contribution in [2.75, 3.05) is 20.8 Å². The molecule has 0 atom stereocenters. The first kappa shape index (κ1) is 17.1. The first-order valence-electron chi connectivity index (χ1n) is 6.51. The fourth-order valence-corrected chi connectivity index (χ4v) is 2.63. The Hall–Kier alpha value is -0.950. The molecule has 1 rings (SSSR count). The van der Waals surface area contributed by atoms with Crippen LogP contribution in [0.25, 0.3) is 0 Å². The van der Waals surface area contributed by atoms with Crippen LogP contribution in [0, 0.1) is 6.92 Å². The van der Waals surface area contributed by atoms with Crippen molar-refractivity contribution in [1.29, 1.82) is 0 Å². The molecule has 5 nitrogen and oxygen atoms in total. The van der Waals surface area contributed by atoms with Crippen LogP contribution >= 0.6 is 0 Å². The number of aryl methyl sites for hydroxylation is 1. The van der Waals surface area contributed by atoms with Gasteiger partial charge in [-0.05, 0) is 38.3 Å². The Balaban J connectivity index is 2.35. The molecule has 0 spiro atoms. The predicted molar refractivity (Wildman–Crippen MR) is 76.0 cm³/mol. The largest absolute Gasteiger partial charge is 0.356 e. The third-order valence-corrected chi connectivity index (χ3v) is 4.23. The van der Waals surface area contributed by atoms with Crippen LogP contribution in [0.3, 0.4) is 0 Å². The van der Waals surface area contributed by atoms with Gasteiger partial charge >= 0.3 is 0 Å². The van der Waals surface area contributed by atoms with Crippen molar-refractivity contribution in [1.82, 2.24) is 0 Å². The molecule has 0 N–H and O–H groups in total. The number of unbranched alkanes of at least 4 members (excludes halogenated alkanes) is 1. The number of methoxy groups -OCH3 is 2. The highest BCUT2D eigenvalue weighted by atomic mass is 32.2. The number of ether oxygens (including phenoxy) is 2. The average Bonchev–Trinajstić information content (AvgIpc) is 2.43. The highest BCUT2D eigenvalue weighted by Gasteiger charge is 2.14. The topological polar surface area (TPSA) is 61.8 Å². The quantitative estimate of drug-likeness (QED) is 0.398. The lowest BCUT2D eigenvalue weighted by Gasteiger charge is -2.12. The monoisotopic (exact) mass is 302 g/mol. The van der Waals surface area contributed by atoms with Gasteiger partial charge in [0.2, 0.25) is 0 Å². The van der Waals surface area contributed by atoms with E-state index < -0.39 is 10.1 Å². The number of benzene rings is 1. The van der Waals surface area contributed by atoms with E-state index in [9.17, 15) is 8.42 Å². The number of hydrogen-bond donors (Lipinski definition) is 0. The Labute approximate surface area is 121 Å². The van der Waals surface area contributed by atoms with Crippen molar-refractivity contribution < 1.29 is 22.1 Å². The van der Waals surface area contributed by atoms with Crippen molar-refractivity contribution in [3.05, 3.63) is 29.8 Å². The van der Waals surface area contributed by atoms with Crippen LogP contribution in [0.15, 0.2) is 29.2 Å². The van der Waals surface area contributed by atoms with E-state index in [2.05, 4.69) is 0 Å². The maximum Gasteiger partial charge on any atom is 0.296 e. The molecule has 6 heteroatoms. The highest BCUT2D eigenvalue weighted by molar-refractivity contribution is 7.86. The first-order chi connectivity index (χ1) is 9.49. The molecular weight excluding hydrogens is 280 g/mol. The molecule has 0 amide bonds. The van der Waals surface area contributed by atoms with Crippen LogP contribution in [-0.2, 0) is 23.8 Å². The van der Waals surface area contributed by atoms with Crippen LogP contribution in [0.5, 0.6) is 0 Å². The van der Waals surface area contributed by atoms with E-state index >= 15 is 0 Å². The summed E-state index contributed by atoms with van der Waals surface area (Å²) in [6, 6.07) is 6.60. The van der Waals surface area contributed by atoms with Crippen LogP contribution < -0.4 is 0 Å². The summed E-state index contributed by atoms with van der Waals surface area (Å²) < 4.78 is 38.8. The molecule has 0 bridgehead atoms. The zero-order chi connectivity index (χ0) is 15.0. The summed E-state index contributed by atoms with van der Waals surface area (Å²) in [7, 11) is -0.500. The molecule has 1 aromatic carbocycles. The highest BCUT2D eigenvalue weighted by Crippen LogP contribution is 2.14. The lowest BCUT2D eigenvalue weighted by Crippen LogP contribution is -2.13. The van der Waals surface area contributed by atoms with Gasteiger partial charge in [0.25, 0.3) is 10.1 Å². The molecule has 0 fully saturated rings. The standard InChI is InChI=1S/C14H22O5S/c1-12-7-9-13(10-8-12)20(15,16)19-11-5-4-6-14(17-2)18-3/h7-10,14H,4-6,11H2,1-3H3. The van der Waals surface area contributed by atoms with Gasteiger partial charge in [-0.2, -0.15) is 8.42 Å². The van der Waals surface area contributed by atoms with E-state index in [-0.39, 0.29) is 17.8 Å². The molecule has 20 heavy (non-hydrogen) atoms. The van der Waals surface area contributed by atoms with Crippen molar-refractivity contribution in [3.63, 3.8) is 0 Å². The van der Waals surface area contributed by atoms with Crippen LogP contribution in [0.1, 0.15) is 24.8 Å². The molecular formula is C14H22O5S. The molecule has 0 aliphatic rings. The molecule has 1 aromatic rings. The Morgan fingerprint density at radius 2 is 1.65 bits per heavy atom. The van der Waals surface area contributed by atoms with Gasteiger partial charge in [-0.1, -0.05) is 17.7 Å². The lowest BCUT2D eigenvalue weighted by molar-refractivity contribution is -0.107. The maximum atomic E-state index is 11.9. The summed E-state index contributed by atoms with van der Waals surface area (Å²) in [5.41, 5.74) is 1.01. The second-order valence-electron chi connectivity index (χ2n) is 4.49. The second-order valence-corrected chi connectivity index (χ2v) is 6.10. The Kier molecular flexibility index (Phi) is 7.15. The third-order valence-electron chi connectivity index (χ3n) is 2.91. The predicted octanol–water partition coefficient (Wildman–Crippen LogP) is 2.49. The SMILES string of the molecule is COC(CCCCOS(=O)(=O)c1ccc(C)cc1)OC. The average molecular weight is 302 g/mol. The van der Waals surface area contributed by atoms with Gasteiger partial charge in [0.05, 0.1) is 11.5 Å². The van der Waals surface area contributed by atoms with Gasteiger partial charge < -0.3 is 9.47 Å². The van der Waals surface area contributed by atoms with Gasteiger partial charge in [-0.3, -0.25) is 4.18 Å². The van der Waals surface area contributed by atoms with Crippen LogP contribution in [-0.4, -0.2) is 35.5 Å². The summed E-state index contributed by atoms with van der Waals surface area (Å²) in [6.07, 6.45) is 1.87. The normalized spacial score (nSPS) is 12.0. The minimum absolute atomic E-state index is 0.163. The van der Waals surface area contributed by atoms with E-state index in [0.29, 0.717) is 12.8 Å². The van der Waals surface area contributed by atoms with Gasteiger partial charge in [-0.25, -0.2) is 0 Å². The second kappa shape index (κ2) is 8.36. The zero-order valence-electron chi connectivity index (χ0n) is 12.2. The maximum absolute atomic E-state index is 11.9. The number of rotatable bonds is 9. The van der Waals surface area contributed by atoms with Gasteiger partial charge in [0.1, 0.15) is 0 Å². The van der Waals surface area contributed by atoms with Crippen molar-refractivity contribution in [2.24, 2.45) is 0 Å². The van der Waals surface area contributed by atoms with E-state index in [1.54, 1.807) is 38.5 Å². The molecule has 0 aromatic heterocycles. The first-order valence-corrected chi connectivity index (χ1v) is 7.92. The fourth-order valence-electron chi connectivity index (χ4n) is 1.69. The van der Waals surface area contributed by atoms with Gasteiger partial charge in [0, 0.05) is 14.2 Å². The van der Waals surface area contributed by atoms with E-state index in [4.69, 9.17) is 13.7 Å². The summed E-state index contributed by atoms with van der Waals surface area (Å²) in [4.78, 5) is 0.190. The molecule has 0 aliphatic carbocycles. The van der Waals surface area contributed by atoms with E-state index in [0.717, 1.165) is 12.0 Å². The third kappa shape index (κ3) is 5.58. The summed E-state index contributed by atoms with van der Waals surface area (Å²) >= 11 is 0. The van der Waals surface area contributed by atoms with Crippen molar-refractivity contribution in [3.8, 4) is 0 Å². The smallest absolute Gasteiger partial charge is 0.296 e. The van der Waals surface area contributed by atoms with E-state index in [1.807, 2.05) is 6.92 Å². The van der Waals surface area contributed by atoms with Gasteiger partial charge in [0.15, 0.2) is 6.29 Å². The zero-order valence-corrected chi connectivity index (χ0v) is 13.0. The summed E-state index contributed by atoms with van der Waals surface area (Å²) in [5.74, 6) is 0. The van der Waals surface area contributed by atoms with Crippen LogP contribution in [0.2, 0.25) is 0 Å². The minimum Gasteiger partial charge on any atom is -0.356 e. The van der Waals surface area contributed by atoms with Crippen molar-refractivity contribution >= 4 is 10.1 Å². The minimum atomic E-state index is -3.65. The number of hydrogen-bond acceptors (Lipinski definition) is 5. The Morgan fingerprint density at radius 1 is 1.05 bits per heavy atom. The van der Waals surface area contributed by atoms with Crippen molar-refractivity contribution in [2.45, 2.75) is 37.4 Å². The molecule has 0 aliphatic heterocycles.